The van der Waals surface area contributed by atoms with Gasteiger partial charge in [0.25, 0.3) is 0 Å². The number of carbonyl (C=O) groups excluding carboxylic acids is 1. The molecule has 1 heterocycles. The lowest BCUT2D eigenvalue weighted by Crippen LogP contribution is -2.30. The molecule has 0 fully saturated rings. The van der Waals surface area contributed by atoms with E-state index in [9.17, 15) is 4.79 Å². The molecule has 3 atom stereocenters. The molecular weight excluding hydrogens is 350 g/mol. The molecule has 0 amide bonds. The molecule has 144 valence electrons. The topological polar surface area (TPSA) is 47.6 Å². The van der Waals surface area contributed by atoms with Crippen LogP contribution in [0.1, 0.15) is 46.8 Å². The van der Waals surface area contributed by atoms with Crippen LogP contribution in [0, 0.1) is 5.92 Å². The molecule has 0 saturated carbocycles. The first-order valence-electron chi connectivity index (χ1n) is 9.79. The van der Waals surface area contributed by atoms with Gasteiger partial charge in [0.2, 0.25) is 0 Å². The number of esters is 1. The summed E-state index contributed by atoms with van der Waals surface area (Å²) >= 11 is 0. The summed E-state index contributed by atoms with van der Waals surface area (Å²) in [6.45, 7) is 6.37. The molecule has 28 heavy (non-hydrogen) atoms. The summed E-state index contributed by atoms with van der Waals surface area (Å²) in [5, 5.41) is 3.66. The molecule has 1 N–H and O–H groups in total. The second kappa shape index (κ2) is 7.93. The van der Waals surface area contributed by atoms with E-state index in [4.69, 9.17) is 9.47 Å². The number of hydrogen-bond acceptors (Lipinski definition) is 4. The van der Waals surface area contributed by atoms with Gasteiger partial charge in [-0.25, -0.2) is 4.79 Å². The largest absolute Gasteiger partial charge is 0.490 e. The van der Waals surface area contributed by atoms with Crippen LogP contribution in [0.5, 0.6) is 5.75 Å². The first-order chi connectivity index (χ1) is 13.7. The van der Waals surface area contributed by atoms with Crippen LogP contribution in [0.2, 0.25) is 0 Å². The summed E-state index contributed by atoms with van der Waals surface area (Å²) in [6.07, 6.45) is 7.27. The monoisotopic (exact) mass is 375 g/mol. The number of hydrogen-bond donors (Lipinski definition) is 1. The van der Waals surface area contributed by atoms with Gasteiger partial charge in [-0.3, -0.25) is 0 Å². The number of allylic oxidation sites excluding steroid dienone is 2. The molecule has 0 bridgehead atoms. The molecule has 4 nitrogen and oxygen atoms in total. The molecule has 4 heteroatoms. The molecule has 0 aromatic heterocycles. The summed E-state index contributed by atoms with van der Waals surface area (Å²) in [5.41, 5.74) is 3.86. The number of anilines is 1. The standard InChI is InChI=1S/C24H25NO3/c1-3-15-28-17-13-11-16(12-14-17)22-19-8-5-7-18(19)20-9-6-10-21(23(20)25-22)24(26)27-4-2/h3,5-7,9-14,18-19,22,25H,1,4,8,15H2,2H3/t18-,19+,22+/m1/s1. The van der Waals surface area contributed by atoms with Gasteiger partial charge in [0.15, 0.2) is 0 Å². The SMILES string of the molecule is C=CCOc1ccc([C@@H]2Nc3c(C(=O)OCC)cccc3[C@@H]3C=CC[C@@H]32)cc1. The number of benzene rings is 2. The van der Waals surface area contributed by atoms with Crippen LogP contribution in [-0.2, 0) is 4.74 Å². The fraction of sp³-hybridized carbons (Fsp3) is 0.292. The van der Waals surface area contributed by atoms with Gasteiger partial charge in [0.05, 0.1) is 23.9 Å². The van der Waals surface area contributed by atoms with E-state index in [1.807, 2.05) is 31.2 Å². The quantitative estimate of drug-likeness (QED) is 0.553. The molecule has 1 aliphatic heterocycles. The fourth-order valence-corrected chi connectivity index (χ4v) is 4.26. The Morgan fingerprint density at radius 1 is 1.25 bits per heavy atom. The van der Waals surface area contributed by atoms with Crippen molar-refractivity contribution in [3.05, 3.63) is 84.0 Å². The van der Waals surface area contributed by atoms with Gasteiger partial charge >= 0.3 is 5.97 Å². The molecule has 0 unspecified atom stereocenters. The Morgan fingerprint density at radius 2 is 2.07 bits per heavy atom. The third kappa shape index (κ3) is 3.31. The van der Waals surface area contributed by atoms with Gasteiger partial charge in [0.1, 0.15) is 12.4 Å². The molecule has 1 aliphatic carbocycles. The minimum atomic E-state index is -0.279. The van der Waals surface area contributed by atoms with Crippen LogP contribution in [0.15, 0.2) is 67.3 Å². The Labute approximate surface area is 165 Å². The Balaban J connectivity index is 1.69. The Morgan fingerprint density at radius 3 is 2.82 bits per heavy atom. The van der Waals surface area contributed by atoms with Crippen LogP contribution in [0.25, 0.3) is 0 Å². The van der Waals surface area contributed by atoms with Gasteiger partial charge in [0, 0.05) is 5.92 Å². The van der Waals surface area contributed by atoms with Crippen LogP contribution in [0.3, 0.4) is 0 Å². The Kier molecular flexibility index (Phi) is 5.20. The number of fused-ring (bicyclic) bond motifs is 3. The van der Waals surface area contributed by atoms with E-state index < -0.39 is 0 Å². The van der Waals surface area contributed by atoms with Crippen LogP contribution >= 0.6 is 0 Å². The summed E-state index contributed by atoms with van der Waals surface area (Å²) in [4.78, 5) is 12.5. The zero-order valence-electron chi connectivity index (χ0n) is 16.1. The molecule has 2 aliphatic rings. The van der Waals surface area contributed by atoms with Gasteiger partial charge in [-0.15, -0.1) is 0 Å². The highest BCUT2D eigenvalue weighted by atomic mass is 16.5. The van der Waals surface area contributed by atoms with Gasteiger partial charge in [-0.2, -0.15) is 0 Å². The Bertz CT molecular complexity index is 901. The molecule has 4 rings (SSSR count). The summed E-state index contributed by atoms with van der Waals surface area (Å²) < 4.78 is 10.9. The zero-order valence-corrected chi connectivity index (χ0v) is 16.1. The third-order valence-electron chi connectivity index (χ3n) is 5.50. The maximum atomic E-state index is 12.5. The fourth-order valence-electron chi connectivity index (χ4n) is 4.26. The van der Waals surface area contributed by atoms with Crippen molar-refractivity contribution in [1.82, 2.24) is 0 Å². The molecule has 0 saturated heterocycles. The van der Waals surface area contributed by atoms with Crippen molar-refractivity contribution in [2.45, 2.75) is 25.3 Å². The zero-order chi connectivity index (χ0) is 19.5. The van der Waals surface area contributed by atoms with Crippen molar-refractivity contribution in [1.29, 1.82) is 0 Å². The van der Waals surface area contributed by atoms with Crippen molar-refractivity contribution < 1.29 is 14.3 Å². The third-order valence-corrected chi connectivity index (χ3v) is 5.50. The minimum Gasteiger partial charge on any atom is -0.490 e. The van der Waals surface area contributed by atoms with E-state index in [1.165, 1.54) is 11.1 Å². The second-order valence-electron chi connectivity index (χ2n) is 7.13. The highest BCUT2D eigenvalue weighted by molar-refractivity contribution is 5.97. The van der Waals surface area contributed by atoms with Crippen molar-refractivity contribution >= 4 is 11.7 Å². The van der Waals surface area contributed by atoms with Crippen LogP contribution in [-0.4, -0.2) is 19.2 Å². The van der Waals surface area contributed by atoms with Crippen LogP contribution < -0.4 is 10.1 Å². The summed E-state index contributed by atoms with van der Waals surface area (Å²) in [5.74, 6) is 1.27. The minimum absolute atomic E-state index is 0.122. The first-order valence-corrected chi connectivity index (χ1v) is 9.79. The lowest BCUT2D eigenvalue weighted by atomic mass is 9.76. The highest BCUT2D eigenvalue weighted by Gasteiger charge is 2.39. The molecular formula is C24H25NO3. The number of carbonyl (C=O) groups is 1. The predicted molar refractivity (Wildman–Crippen MR) is 111 cm³/mol. The van der Waals surface area contributed by atoms with Crippen molar-refractivity contribution in [3.8, 4) is 5.75 Å². The highest BCUT2D eigenvalue weighted by Crippen LogP contribution is 2.50. The van der Waals surface area contributed by atoms with E-state index in [0.717, 1.165) is 17.9 Å². The second-order valence-corrected chi connectivity index (χ2v) is 7.13. The van der Waals surface area contributed by atoms with Gasteiger partial charge in [-0.05, 0) is 48.6 Å². The average molecular weight is 375 g/mol. The smallest absolute Gasteiger partial charge is 0.340 e. The average Bonchev–Trinajstić information content (AvgIpc) is 3.22. The summed E-state index contributed by atoms with van der Waals surface area (Å²) in [7, 11) is 0. The van der Waals surface area contributed by atoms with E-state index in [0.29, 0.717) is 30.6 Å². The number of nitrogens with one attached hydrogen (secondary N) is 1. The van der Waals surface area contributed by atoms with E-state index in [1.54, 1.807) is 6.08 Å². The van der Waals surface area contributed by atoms with E-state index in [2.05, 4.69) is 42.2 Å². The number of para-hydroxylation sites is 1. The van der Waals surface area contributed by atoms with E-state index in [-0.39, 0.29) is 12.0 Å². The number of rotatable bonds is 6. The molecule has 0 radical (unpaired) electrons. The molecule has 2 aromatic carbocycles. The van der Waals surface area contributed by atoms with Gasteiger partial charge < -0.3 is 14.8 Å². The first kappa shape index (κ1) is 18.4. The lowest BCUT2D eigenvalue weighted by Gasteiger charge is -2.38. The van der Waals surface area contributed by atoms with Crippen LogP contribution in [0.4, 0.5) is 5.69 Å². The normalized spacial score (nSPS) is 22.0. The number of ether oxygens (including phenoxy) is 2. The maximum Gasteiger partial charge on any atom is 0.340 e. The lowest BCUT2D eigenvalue weighted by molar-refractivity contribution is 0.0527. The van der Waals surface area contributed by atoms with Crippen molar-refractivity contribution in [2.75, 3.05) is 18.5 Å². The van der Waals surface area contributed by atoms with Crippen molar-refractivity contribution in [3.63, 3.8) is 0 Å². The Hall–Kier alpha value is -3.01. The predicted octanol–water partition coefficient (Wildman–Crippen LogP) is 5.25. The van der Waals surface area contributed by atoms with Crippen molar-refractivity contribution in [2.24, 2.45) is 5.92 Å². The maximum absolute atomic E-state index is 12.5. The summed E-state index contributed by atoms with van der Waals surface area (Å²) in [6, 6.07) is 14.2. The van der Waals surface area contributed by atoms with E-state index >= 15 is 0 Å². The molecule has 0 spiro atoms. The van der Waals surface area contributed by atoms with Gasteiger partial charge in [-0.1, -0.05) is 49.1 Å². The molecule has 2 aromatic rings.